The highest BCUT2D eigenvalue weighted by Crippen LogP contribution is 2.02. The molecule has 80 valence electrons. The van der Waals surface area contributed by atoms with Gasteiger partial charge < -0.3 is 15.4 Å². The zero-order valence-corrected chi connectivity index (χ0v) is 8.18. The second-order valence-electron chi connectivity index (χ2n) is 3.09. The molecule has 0 aliphatic carbocycles. The Bertz CT molecular complexity index is 231. The quantitative estimate of drug-likeness (QED) is 0.654. The third kappa shape index (κ3) is 3.33. The summed E-state index contributed by atoms with van der Waals surface area (Å²) in [6.45, 7) is 2.65. The molecule has 5 heteroatoms. The van der Waals surface area contributed by atoms with Gasteiger partial charge in [0.15, 0.2) is 0 Å². The second-order valence-corrected chi connectivity index (χ2v) is 3.09. The Labute approximate surface area is 82.5 Å². The van der Waals surface area contributed by atoms with Crippen molar-refractivity contribution in [2.45, 2.75) is 32.5 Å². The van der Waals surface area contributed by atoms with Gasteiger partial charge in [-0.1, -0.05) is 19.8 Å². The largest absolute Gasteiger partial charge is 0.346 e. The fraction of sp³-hybridized carbons (Fsp3) is 0.667. The van der Waals surface area contributed by atoms with Crippen molar-refractivity contribution in [3.63, 3.8) is 0 Å². The van der Waals surface area contributed by atoms with Crippen LogP contribution < -0.4 is 10.6 Å². The van der Waals surface area contributed by atoms with Crippen LogP contribution in [-0.4, -0.2) is 18.9 Å². The Balaban J connectivity index is 2.18. The zero-order valence-electron chi connectivity index (χ0n) is 8.18. The molecular weight excluding hydrogens is 187 g/mol. The van der Waals surface area contributed by atoms with Crippen LogP contribution in [0.4, 0.5) is 4.39 Å². The van der Waals surface area contributed by atoms with Gasteiger partial charge in [-0.05, 0) is 6.42 Å². The molecule has 0 fully saturated rings. The Morgan fingerprint density at radius 1 is 1.57 bits per heavy atom. The van der Waals surface area contributed by atoms with E-state index in [1.54, 1.807) is 0 Å². The molecule has 2 N–H and O–H groups in total. The highest BCUT2D eigenvalue weighted by molar-refractivity contribution is 5.91. The number of ether oxygens (including phenoxy) is 1. The molecule has 0 saturated carbocycles. The predicted molar refractivity (Wildman–Crippen MR) is 49.7 cm³/mol. The molecule has 1 atom stereocenters. The van der Waals surface area contributed by atoms with E-state index in [2.05, 4.69) is 17.6 Å². The van der Waals surface area contributed by atoms with Crippen molar-refractivity contribution in [1.82, 2.24) is 10.6 Å². The number of rotatable bonds is 5. The fourth-order valence-electron chi connectivity index (χ4n) is 1.09. The highest BCUT2D eigenvalue weighted by atomic mass is 19.1. The minimum Gasteiger partial charge on any atom is -0.346 e. The van der Waals surface area contributed by atoms with E-state index in [9.17, 15) is 9.18 Å². The van der Waals surface area contributed by atoms with Crippen LogP contribution in [0.2, 0.25) is 0 Å². The van der Waals surface area contributed by atoms with E-state index in [1.165, 1.54) is 0 Å². The van der Waals surface area contributed by atoms with Crippen molar-refractivity contribution >= 4 is 5.91 Å². The number of nitrogens with one attached hydrogen (secondary N) is 2. The van der Waals surface area contributed by atoms with Crippen LogP contribution in [0, 0.1) is 0 Å². The maximum absolute atomic E-state index is 12.5. The molecule has 0 saturated heterocycles. The van der Waals surface area contributed by atoms with Crippen LogP contribution in [0.1, 0.15) is 26.2 Å². The molecule has 14 heavy (non-hydrogen) atoms. The summed E-state index contributed by atoms with van der Waals surface area (Å²) in [4.78, 5) is 10.8. The summed E-state index contributed by atoms with van der Waals surface area (Å²) >= 11 is 0. The molecule has 0 spiro atoms. The van der Waals surface area contributed by atoms with Crippen LogP contribution in [0.3, 0.4) is 0 Å². The first-order valence-corrected chi connectivity index (χ1v) is 4.78. The Hall–Kier alpha value is -1.10. The van der Waals surface area contributed by atoms with Crippen molar-refractivity contribution in [3.05, 3.63) is 12.0 Å². The second kappa shape index (κ2) is 5.59. The molecule has 1 aliphatic rings. The third-order valence-corrected chi connectivity index (χ3v) is 1.87. The van der Waals surface area contributed by atoms with Gasteiger partial charge in [0.2, 0.25) is 12.2 Å². The Morgan fingerprint density at radius 3 is 3.00 bits per heavy atom. The van der Waals surface area contributed by atoms with Crippen molar-refractivity contribution in [2.24, 2.45) is 0 Å². The number of carbonyl (C=O) groups is 1. The van der Waals surface area contributed by atoms with Gasteiger partial charge in [0.25, 0.3) is 5.91 Å². The first kappa shape index (κ1) is 11.0. The lowest BCUT2D eigenvalue weighted by atomic mass is 10.3. The van der Waals surface area contributed by atoms with E-state index in [-0.39, 0.29) is 0 Å². The van der Waals surface area contributed by atoms with Gasteiger partial charge in [0, 0.05) is 6.20 Å². The summed E-state index contributed by atoms with van der Waals surface area (Å²) in [5.74, 6) is -1.55. The van der Waals surface area contributed by atoms with E-state index >= 15 is 0 Å². The third-order valence-electron chi connectivity index (χ3n) is 1.87. The average molecular weight is 202 g/mol. The number of amides is 1. The Kier molecular flexibility index (Phi) is 4.39. The minimum atomic E-state index is -0.821. The highest BCUT2D eigenvalue weighted by Gasteiger charge is 2.19. The zero-order chi connectivity index (χ0) is 10.4. The molecule has 0 bridgehead atoms. The van der Waals surface area contributed by atoms with Gasteiger partial charge in [0.05, 0.1) is 6.61 Å². The molecule has 0 aromatic rings. The molecule has 0 radical (unpaired) electrons. The number of hydrogen-bond donors (Lipinski definition) is 2. The summed E-state index contributed by atoms with van der Waals surface area (Å²) in [5.41, 5.74) is 0. The SMILES string of the molecule is CCCCCOC1NC=C(F)C(=O)N1. The maximum Gasteiger partial charge on any atom is 0.284 e. The van der Waals surface area contributed by atoms with Gasteiger partial charge in [-0.15, -0.1) is 0 Å². The monoisotopic (exact) mass is 202 g/mol. The predicted octanol–water partition coefficient (Wildman–Crippen LogP) is 1.01. The lowest BCUT2D eigenvalue weighted by Crippen LogP contribution is -2.49. The topological polar surface area (TPSA) is 50.4 Å². The van der Waals surface area contributed by atoms with E-state index in [0.717, 1.165) is 25.5 Å². The summed E-state index contributed by atoms with van der Waals surface area (Å²) < 4.78 is 17.8. The van der Waals surface area contributed by atoms with E-state index < -0.39 is 18.1 Å². The van der Waals surface area contributed by atoms with Crippen molar-refractivity contribution in [3.8, 4) is 0 Å². The average Bonchev–Trinajstić information content (AvgIpc) is 2.18. The first-order chi connectivity index (χ1) is 6.74. The maximum atomic E-state index is 12.5. The number of carbonyl (C=O) groups excluding carboxylic acids is 1. The van der Waals surface area contributed by atoms with Crippen molar-refractivity contribution in [2.75, 3.05) is 6.61 Å². The smallest absolute Gasteiger partial charge is 0.284 e. The van der Waals surface area contributed by atoms with Crippen LogP contribution in [0.5, 0.6) is 0 Å². The van der Waals surface area contributed by atoms with Crippen molar-refractivity contribution in [1.29, 1.82) is 0 Å². The first-order valence-electron chi connectivity index (χ1n) is 4.78. The fourth-order valence-corrected chi connectivity index (χ4v) is 1.09. The van der Waals surface area contributed by atoms with Gasteiger partial charge in [0.1, 0.15) is 0 Å². The van der Waals surface area contributed by atoms with E-state index in [1.807, 2.05) is 0 Å². The van der Waals surface area contributed by atoms with Gasteiger partial charge in [-0.3, -0.25) is 4.79 Å². The van der Waals surface area contributed by atoms with Crippen LogP contribution in [0.15, 0.2) is 12.0 Å². The van der Waals surface area contributed by atoms with Gasteiger partial charge in [-0.2, -0.15) is 4.39 Å². The lowest BCUT2D eigenvalue weighted by molar-refractivity contribution is -0.125. The van der Waals surface area contributed by atoms with Crippen LogP contribution in [0.25, 0.3) is 0 Å². The van der Waals surface area contributed by atoms with E-state index in [0.29, 0.717) is 6.61 Å². The number of unbranched alkanes of at least 4 members (excludes halogenated alkanes) is 2. The van der Waals surface area contributed by atoms with E-state index in [4.69, 9.17) is 4.74 Å². The summed E-state index contributed by atoms with van der Waals surface area (Å²) in [6.07, 6.45) is 3.56. The molecular formula is C9H15FN2O2. The van der Waals surface area contributed by atoms with Gasteiger partial charge >= 0.3 is 0 Å². The standard InChI is InChI=1S/C9H15FN2O2/c1-2-3-4-5-14-9-11-6-7(10)8(13)12-9/h6,9,11H,2-5H2,1H3,(H,12,13). The molecule has 1 heterocycles. The minimum absolute atomic E-state index is 0.557. The molecule has 1 amide bonds. The molecule has 1 aliphatic heterocycles. The van der Waals surface area contributed by atoms with Crippen LogP contribution in [-0.2, 0) is 9.53 Å². The molecule has 1 unspecified atom stereocenters. The molecule has 4 nitrogen and oxygen atoms in total. The summed E-state index contributed by atoms with van der Waals surface area (Å²) in [7, 11) is 0. The van der Waals surface area contributed by atoms with Crippen molar-refractivity contribution < 1.29 is 13.9 Å². The summed E-state index contributed by atoms with van der Waals surface area (Å²) in [5, 5.41) is 4.91. The van der Waals surface area contributed by atoms with Crippen LogP contribution >= 0.6 is 0 Å². The molecule has 0 aromatic heterocycles. The van der Waals surface area contributed by atoms with Gasteiger partial charge in [-0.25, -0.2) is 0 Å². The number of hydrogen-bond acceptors (Lipinski definition) is 3. The lowest BCUT2D eigenvalue weighted by Gasteiger charge is -2.22. The molecule has 0 aromatic carbocycles. The number of halogens is 1. The summed E-state index contributed by atoms with van der Waals surface area (Å²) in [6, 6.07) is 0. The Morgan fingerprint density at radius 2 is 2.36 bits per heavy atom. The molecule has 1 rings (SSSR count). The normalized spacial score (nSPS) is 21.1.